The predicted molar refractivity (Wildman–Crippen MR) is 88.6 cm³/mol. The fourth-order valence-corrected chi connectivity index (χ4v) is 4.32. The van der Waals surface area contributed by atoms with E-state index < -0.39 is 10.0 Å². The Hall–Kier alpha value is -1.25. The van der Waals surface area contributed by atoms with Crippen molar-refractivity contribution in [3.8, 4) is 0 Å². The van der Waals surface area contributed by atoms with Gasteiger partial charge in [-0.15, -0.1) is 11.3 Å². The predicted octanol–water partition coefficient (Wildman–Crippen LogP) is 1.57. The van der Waals surface area contributed by atoms with Gasteiger partial charge in [-0.2, -0.15) is 5.10 Å². The molecule has 1 atom stereocenters. The molecule has 8 heteroatoms. The number of hydrazone groups is 1. The van der Waals surface area contributed by atoms with E-state index in [0.29, 0.717) is 19.4 Å². The molecule has 1 fully saturated rings. The van der Waals surface area contributed by atoms with Crippen molar-refractivity contribution in [1.29, 1.82) is 0 Å². The third-order valence-electron chi connectivity index (χ3n) is 3.77. The Balaban J connectivity index is 1.92. The number of hydrogen-bond donors (Lipinski definition) is 1. The Kier molecular flexibility index (Phi) is 5.71. The van der Waals surface area contributed by atoms with Gasteiger partial charge in [0, 0.05) is 18.0 Å². The number of carbonyl (C=O) groups excluding carboxylic acids is 1. The smallest absolute Gasteiger partial charge is 0.244 e. The highest BCUT2D eigenvalue weighted by Crippen LogP contribution is 2.19. The molecule has 1 aromatic rings. The molecule has 1 saturated heterocycles. The van der Waals surface area contributed by atoms with Crippen LogP contribution in [-0.4, -0.2) is 43.7 Å². The summed E-state index contributed by atoms with van der Waals surface area (Å²) in [5, 5.41) is 5.94. The summed E-state index contributed by atoms with van der Waals surface area (Å²) >= 11 is 1.56. The first-order chi connectivity index (χ1) is 10.4. The van der Waals surface area contributed by atoms with E-state index in [0.717, 1.165) is 10.4 Å². The molecule has 0 radical (unpaired) electrons. The van der Waals surface area contributed by atoms with Crippen LogP contribution in [0.1, 0.15) is 30.2 Å². The van der Waals surface area contributed by atoms with Crippen molar-refractivity contribution in [3.63, 3.8) is 0 Å². The Morgan fingerprint density at radius 3 is 3.00 bits per heavy atom. The fourth-order valence-electron chi connectivity index (χ4n) is 2.35. The Morgan fingerprint density at radius 2 is 2.36 bits per heavy atom. The normalized spacial score (nSPS) is 20.4. The molecular formula is C14H21N3O3S2. The van der Waals surface area contributed by atoms with Gasteiger partial charge in [0.05, 0.1) is 17.9 Å². The zero-order valence-corrected chi connectivity index (χ0v) is 14.4. The highest BCUT2D eigenvalue weighted by molar-refractivity contribution is 7.89. The molecule has 122 valence electrons. The SMILES string of the molecule is CCS(=O)(=O)N1CCCC(C(=O)N/N=C/c2sccc2C)C1. The van der Waals surface area contributed by atoms with Crippen molar-refractivity contribution in [2.45, 2.75) is 26.7 Å². The second-order valence-corrected chi connectivity index (χ2v) is 8.51. The van der Waals surface area contributed by atoms with E-state index in [4.69, 9.17) is 0 Å². The standard InChI is InChI=1S/C14H21N3O3S2/c1-3-22(19,20)17-7-4-5-12(10-17)14(18)16-15-9-13-11(2)6-8-21-13/h6,8-9,12H,3-5,7,10H2,1-2H3,(H,16,18)/b15-9+. The summed E-state index contributed by atoms with van der Waals surface area (Å²) in [6.07, 6.45) is 3.02. The highest BCUT2D eigenvalue weighted by Gasteiger charge is 2.31. The van der Waals surface area contributed by atoms with Crippen LogP contribution >= 0.6 is 11.3 Å². The topological polar surface area (TPSA) is 78.8 Å². The third kappa shape index (κ3) is 4.15. The Morgan fingerprint density at radius 1 is 1.59 bits per heavy atom. The van der Waals surface area contributed by atoms with Crippen LogP contribution in [0.4, 0.5) is 0 Å². The molecular weight excluding hydrogens is 322 g/mol. The molecule has 1 aliphatic rings. The molecule has 0 aliphatic carbocycles. The van der Waals surface area contributed by atoms with Gasteiger partial charge in [0.1, 0.15) is 0 Å². The van der Waals surface area contributed by atoms with Crippen molar-refractivity contribution in [2.24, 2.45) is 11.0 Å². The van der Waals surface area contributed by atoms with Gasteiger partial charge in [-0.3, -0.25) is 4.79 Å². The molecule has 0 aromatic carbocycles. The molecule has 6 nitrogen and oxygen atoms in total. The highest BCUT2D eigenvalue weighted by atomic mass is 32.2. The van der Waals surface area contributed by atoms with E-state index in [2.05, 4.69) is 10.5 Å². The minimum Gasteiger partial charge on any atom is -0.273 e. The summed E-state index contributed by atoms with van der Waals surface area (Å²) in [7, 11) is -3.23. The molecule has 1 unspecified atom stereocenters. The molecule has 1 amide bonds. The fraction of sp³-hybridized carbons (Fsp3) is 0.571. The molecule has 0 spiro atoms. The van der Waals surface area contributed by atoms with Crippen molar-refractivity contribution in [2.75, 3.05) is 18.8 Å². The maximum atomic E-state index is 12.1. The van der Waals surface area contributed by atoms with Crippen LogP contribution < -0.4 is 5.43 Å². The van der Waals surface area contributed by atoms with Crippen molar-refractivity contribution < 1.29 is 13.2 Å². The van der Waals surface area contributed by atoms with Gasteiger partial charge in [0.25, 0.3) is 0 Å². The minimum absolute atomic E-state index is 0.0666. The van der Waals surface area contributed by atoms with Gasteiger partial charge in [-0.1, -0.05) is 0 Å². The number of aryl methyl sites for hydroxylation is 1. The Labute approximate surface area is 135 Å². The van der Waals surface area contributed by atoms with E-state index in [-0.39, 0.29) is 24.1 Å². The second kappa shape index (κ2) is 7.34. The number of sulfonamides is 1. The number of rotatable bonds is 5. The van der Waals surface area contributed by atoms with E-state index in [1.165, 1.54) is 4.31 Å². The van der Waals surface area contributed by atoms with E-state index in [9.17, 15) is 13.2 Å². The van der Waals surface area contributed by atoms with Crippen molar-refractivity contribution in [1.82, 2.24) is 9.73 Å². The number of nitrogens with one attached hydrogen (secondary N) is 1. The van der Waals surface area contributed by atoms with Crippen molar-refractivity contribution in [3.05, 3.63) is 21.9 Å². The van der Waals surface area contributed by atoms with Gasteiger partial charge in [-0.25, -0.2) is 18.1 Å². The van der Waals surface area contributed by atoms with Crippen LogP contribution in [-0.2, 0) is 14.8 Å². The summed E-state index contributed by atoms with van der Waals surface area (Å²) in [5.74, 6) is -0.491. The average Bonchev–Trinajstić information content (AvgIpc) is 2.92. The molecule has 2 heterocycles. The summed E-state index contributed by atoms with van der Waals surface area (Å²) in [6.45, 7) is 4.34. The molecule has 2 rings (SSSR count). The van der Waals surface area contributed by atoms with Crippen LogP contribution in [0, 0.1) is 12.8 Å². The van der Waals surface area contributed by atoms with Crippen LogP contribution in [0.25, 0.3) is 0 Å². The zero-order valence-electron chi connectivity index (χ0n) is 12.8. The van der Waals surface area contributed by atoms with Crippen LogP contribution in [0.3, 0.4) is 0 Å². The molecule has 1 aliphatic heterocycles. The maximum Gasteiger partial charge on any atom is 0.244 e. The van der Waals surface area contributed by atoms with Gasteiger partial charge in [-0.05, 0) is 43.7 Å². The lowest BCUT2D eigenvalue weighted by atomic mass is 9.99. The monoisotopic (exact) mass is 343 g/mol. The van der Waals surface area contributed by atoms with Gasteiger partial charge < -0.3 is 0 Å². The number of piperidine rings is 1. The molecule has 1 aromatic heterocycles. The summed E-state index contributed by atoms with van der Waals surface area (Å²) in [4.78, 5) is 13.1. The molecule has 22 heavy (non-hydrogen) atoms. The van der Waals surface area contributed by atoms with Gasteiger partial charge in [0.2, 0.25) is 15.9 Å². The van der Waals surface area contributed by atoms with E-state index >= 15 is 0 Å². The summed E-state index contributed by atoms with van der Waals surface area (Å²) in [5.41, 5.74) is 3.64. The number of thiophene rings is 1. The van der Waals surface area contributed by atoms with E-state index in [1.54, 1.807) is 24.5 Å². The number of amides is 1. The zero-order chi connectivity index (χ0) is 16.2. The number of nitrogens with zero attached hydrogens (tertiary/aromatic N) is 2. The summed E-state index contributed by atoms with van der Waals surface area (Å²) in [6, 6.07) is 1.99. The lowest BCUT2D eigenvalue weighted by Gasteiger charge is -2.30. The largest absolute Gasteiger partial charge is 0.273 e. The lowest BCUT2D eigenvalue weighted by Crippen LogP contribution is -2.45. The number of hydrogen-bond acceptors (Lipinski definition) is 5. The summed E-state index contributed by atoms with van der Waals surface area (Å²) < 4.78 is 25.2. The first kappa shape index (κ1) is 17.1. The van der Waals surface area contributed by atoms with Crippen LogP contribution in [0.15, 0.2) is 16.5 Å². The molecule has 0 bridgehead atoms. The first-order valence-electron chi connectivity index (χ1n) is 7.29. The minimum atomic E-state index is -3.23. The Bertz CT molecular complexity index is 652. The van der Waals surface area contributed by atoms with Crippen LogP contribution in [0.2, 0.25) is 0 Å². The molecule has 0 saturated carbocycles. The lowest BCUT2D eigenvalue weighted by molar-refractivity contribution is -0.126. The second-order valence-electron chi connectivity index (χ2n) is 5.30. The first-order valence-corrected chi connectivity index (χ1v) is 9.77. The van der Waals surface area contributed by atoms with Crippen LogP contribution in [0.5, 0.6) is 0 Å². The van der Waals surface area contributed by atoms with Crippen molar-refractivity contribution >= 4 is 33.5 Å². The maximum absolute atomic E-state index is 12.1. The average molecular weight is 343 g/mol. The third-order valence-corrected chi connectivity index (χ3v) is 6.57. The molecule has 1 N–H and O–H groups in total. The number of carbonyl (C=O) groups is 1. The van der Waals surface area contributed by atoms with Gasteiger partial charge in [0.15, 0.2) is 0 Å². The van der Waals surface area contributed by atoms with Gasteiger partial charge >= 0.3 is 0 Å². The quantitative estimate of drug-likeness (QED) is 0.651. The van der Waals surface area contributed by atoms with E-state index in [1.807, 2.05) is 18.4 Å².